The predicted molar refractivity (Wildman–Crippen MR) is 100 cm³/mol. The van der Waals surface area contributed by atoms with Crippen LogP contribution < -0.4 is 15.4 Å². The number of carbonyl (C=O) groups excluding carboxylic acids is 1. The molecular weight excluding hydrogens is 316 g/mol. The molecular formula is C19H26N4O2. The van der Waals surface area contributed by atoms with E-state index < -0.39 is 0 Å². The van der Waals surface area contributed by atoms with Gasteiger partial charge in [-0.05, 0) is 50.3 Å². The van der Waals surface area contributed by atoms with Gasteiger partial charge in [0.15, 0.2) is 0 Å². The lowest BCUT2D eigenvalue weighted by molar-refractivity contribution is 0.0951. The number of methoxy groups -OCH3 is 1. The Kier molecular flexibility index (Phi) is 7.22. The fraction of sp³-hybridized carbons (Fsp3) is 0.368. The number of aromatic nitrogens is 1. The molecule has 0 fully saturated rings. The Morgan fingerprint density at radius 3 is 2.80 bits per heavy atom. The molecule has 0 aliphatic rings. The zero-order valence-electron chi connectivity index (χ0n) is 15.1. The van der Waals surface area contributed by atoms with Gasteiger partial charge in [0.25, 0.3) is 5.91 Å². The van der Waals surface area contributed by atoms with Crippen LogP contribution in [-0.2, 0) is 6.42 Å². The number of likely N-dealkylation sites (N-methyl/N-ethyl adjacent to an activating group) is 1. The van der Waals surface area contributed by atoms with Gasteiger partial charge in [-0.1, -0.05) is 12.1 Å². The van der Waals surface area contributed by atoms with Crippen molar-refractivity contribution in [1.82, 2.24) is 15.2 Å². The zero-order chi connectivity index (χ0) is 18.1. The number of nitrogens with one attached hydrogen (secondary N) is 2. The second kappa shape index (κ2) is 9.64. The van der Waals surface area contributed by atoms with Crippen LogP contribution >= 0.6 is 0 Å². The van der Waals surface area contributed by atoms with E-state index in [9.17, 15) is 4.79 Å². The van der Waals surface area contributed by atoms with Gasteiger partial charge in [-0.2, -0.15) is 0 Å². The second-order valence-electron chi connectivity index (χ2n) is 6.02. The minimum atomic E-state index is -0.0832. The molecule has 0 atom stereocenters. The number of pyridine rings is 1. The van der Waals surface area contributed by atoms with Gasteiger partial charge in [0.2, 0.25) is 0 Å². The van der Waals surface area contributed by atoms with Crippen molar-refractivity contribution in [2.75, 3.05) is 46.2 Å². The molecule has 0 unspecified atom stereocenters. The normalized spacial score (nSPS) is 10.6. The molecule has 1 aromatic heterocycles. The average molecular weight is 342 g/mol. The van der Waals surface area contributed by atoms with Crippen molar-refractivity contribution < 1.29 is 9.53 Å². The molecule has 0 bridgehead atoms. The first-order valence-electron chi connectivity index (χ1n) is 8.34. The van der Waals surface area contributed by atoms with Crippen LogP contribution in [0.5, 0.6) is 5.75 Å². The standard InChI is InChI=1S/C19H26N4O2/c1-23(2)12-11-22-19(24)16-8-10-21-18(14-16)20-9-7-15-5-4-6-17(13-15)25-3/h4-6,8,10,13-14H,7,9,11-12H2,1-3H3,(H,20,21)(H,22,24). The number of amides is 1. The van der Waals surface area contributed by atoms with Crippen LogP contribution in [0.25, 0.3) is 0 Å². The largest absolute Gasteiger partial charge is 0.497 e. The van der Waals surface area contributed by atoms with E-state index in [-0.39, 0.29) is 5.91 Å². The smallest absolute Gasteiger partial charge is 0.251 e. The van der Waals surface area contributed by atoms with Crippen molar-refractivity contribution in [3.63, 3.8) is 0 Å². The van der Waals surface area contributed by atoms with E-state index in [1.807, 2.05) is 37.2 Å². The first-order valence-corrected chi connectivity index (χ1v) is 8.34. The van der Waals surface area contributed by atoms with Crippen LogP contribution in [0.1, 0.15) is 15.9 Å². The van der Waals surface area contributed by atoms with E-state index in [2.05, 4.69) is 21.7 Å². The second-order valence-corrected chi connectivity index (χ2v) is 6.02. The lowest BCUT2D eigenvalue weighted by Gasteiger charge is -2.11. The number of ether oxygens (including phenoxy) is 1. The van der Waals surface area contributed by atoms with E-state index in [0.29, 0.717) is 17.9 Å². The Hall–Kier alpha value is -2.60. The third-order valence-corrected chi connectivity index (χ3v) is 3.72. The molecule has 0 saturated heterocycles. The van der Waals surface area contributed by atoms with Gasteiger partial charge >= 0.3 is 0 Å². The molecule has 1 amide bonds. The van der Waals surface area contributed by atoms with Crippen molar-refractivity contribution in [2.24, 2.45) is 0 Å². The summed E-state index contributed by atoms with van der Waals surface area (Å²) in [5, 5.41) is 6.16. The van der Waals surface area contributed by atoms with Gasteiger partial charge in [-0.15, -0.1) is 0 Å². The zero-order valence-corrected chi connectivity index (χ0v) is 15.1. The molecule has 0 radical (unpaired) electrons. The molecule has 0 aliphatic carbocycles. The highest BCUT2D eigenvalue weighted by Gasteiger charge is 2.06. The lowest BCUT2D eigenvalue weighted by atomic mass is 10.1. The molecule has 2 aromatic rings. The quantitative estimate of drug-likeness (QED) is 0.730. The summed E-state index contributed by atoms with van der Waals surface area (Å²) in [5.41, 5.74) is 1.79. The molecule has 6 heteroatoms. The van der Waals surface area contributed by atoms with Crippen LogP contribution in [0.15, 0.2) is 42.6 Å². The molecule has 1 heterocycles. The Morgan fingerprint density at radius 1 is 1.20 bits per heavy atom. The summed E-state index contributed by atoms with van der Waals surface area (Å²) in [4.78, 5) is 18.4. The maximum atomic E-state index is 12.1. The van der Waals surface area contributed by atoms with Crippen molar-refractivity contribution in [3.05, 3.63) is 53.7 Å². The predicted octanol–water partition coefficient (Wildman–Crippen LogP) is 2.04. The first-order chi connectivity index (χ1) is 12.1. The SMILES string of the molecule is COc1cccc(CCNc2cc(C(=O)NCCN(C)C)ccn2)c1. The summed E-state index contributed by atoms with van der Waals surface area (Å²) in [6, 6.07) is 11.5. The number of anilines is 1. The molecule has 0 aliphatic heterocycles. The lowest BCUT2D eigenvalue weighted by Crippen LogP contribution is -2.31. The van der Waals surface area contributed by atoms with Crippen molar-refractivity contribution in [1.29, 1.82) is 0 Å². The first kappa shape index (κ1) is 18.7. The Balaban J connectivity index is 1.85. The number of carbonyl (C=O) groups is 1. The Morgan fingerprint density at radius 2 is 2.04 bits per heavy atom. The highest BCUT2D eigenvalue weighted by atomic mass is 16.5. The molecule has 1 aromatic carbocycles. The minimum absolute atomic E-state index is 0.0832. The fourth-order valence-corrected chi connectivity index (χ4v) is 2.33. The Bertz CT molecular complexity index is 689. The van der Waals surface area contributed by atoms with Crippen LogP contribution in [-0.4, -0.2) is 56.6 Å². The van der Waals surface area contributed by atoms with Crippen LogP contribution in [0.3, 0.4) is 0 Å². The van der Waals surface area contributed by atoms with Gasteiger partial charge in [0.05, 0.1) is 7.11 Å². The number of benzene rings is 1. The number of rotatable bonds is 9. The van der Waals surface area contributed by atoms with E-state index in [0.717, 1.165) is 25.3 Å². The maximum absolute atomic E-state index is 12.1. The third kappa shape index (κ3) is 6.43. The maximum Gasteiger partial charge on any atom is 0.251 e. The van der Waals surface area contributed by atoms with Gasteiger partial charge < -0.3 is 20.3 Å². The molecule has 2 rings (SSSR count). The van der Waals surface area contributed by atoms with E-state index in [4.69, 9.17) is 4.74 Å². The summed E-state index contributed by atoms with van der Waals surface area (Å²) in [6.45, 7) is 2.15. The van der Waals surface area contributed by atoms with Gasteiger partial charge in [0, 0.05) is 31.4 Å². The van der Waals surface area contributed by atoms with Gasteiger partial charge in [-0.3, -0.25) is 4.79 Å². The summed E-state index contributed by atoms with van der Waals surface area (Å²) < 4.78 is 5.23. The average Bonchev–Trinajstić information content (AvgIpc) is 2.62. The summed E-state index contributed by atoms with van der Waals surface area (Å²) in [6.07, 6.45) is 2.49. The van der Waals surface area contributed by atoms with Crippen LogP contribution in [0.2, 0.25) is 0 Å². The van der Waals surface area contributed by atoms with Crippen LogP contribution in [0.4, 0.5) is 5.82 Å². The Labute approximate surface area is 149 Å². The summed E-state index contributed by atoms with van der Waals surface area (Å²) in [7, 11) is 5.61. The molecule has 2 N–H and O–H groups in total. The fourth-order valence-electron chi connectivity index (χ4n) is 2.33. The topological polar surface area (TPSA) is 66.5 Å². The highest BCUT2D eigenvalue weighted by Crippen LogP contribution is 2.13. The molecule has 0 spiro atoms. The van der Waals surface area contributed by atoms with Gasteiger partial charge in [-0.25, -0.2) is 4.98 Å². The number of nitrogens with zero attached hydrogens (tertiary/aromatic N) is 2. The molecule has 0 saturated carbocycles. The number of hydrogen-bond acceptors (Lipinski definition) is 5. The van der Waals surface area contributed by atoms with Gasteiger partial charge in [0.1, 0.15) is 11.6 Å². The van der Waals surface area contributed by atoms with Crippen molar-refractivity contribution >= 4 is 11.7 Å². The van der Waals surface area contributed by atoms with E-state index in [1.165, 1.54) is 5.56 Å². The summed E-state index contributed by atoms with van der Waals surface area (Å²) >= 11 is 0. The molecule has 25 heavy (non-hydrogen) atoms. The minimum Gasteiger partial charge on any atom is -0.497 e. The number of hydrogen-bond donors (Lipinski definition) is 2. The van der Waals surface area contributed by atoms with E-state index in [1.54, 1.807) is 25.4 Å². The monoisotopic (exact) mass is 342 g/mol. The van der Waals surface area contributed by atoms with Crippen molar-refractivity contribution in [3.8, 4) is 5.75 Å². The molecule has 6 nitrogen and oxygen atoms in total. The van der Waals surface area contributed by atoms with Crippen LogP contribution in [0, 0.1) is 0 Å². The molecule has 134 valence electrons. The highest BCUT2D eigenvalue weighted by molar-refractivity contribution is 5.94. The third-order valence-electron chi connectivity index (χ3n) is 3.72. The van der Waals surface area contributed by atoms with E-state index >= 15 is 0 Å². The van der Waals surface area contributed by atoms with Crippen molar-refractivity contribution in [2.45, 2.75) is 6.42 Å². The summed E-state index contributed by atoms with van der Waals surface area (Å²) in [5.74, 6) is 1.47.